The largest absolute Gasteiger partial charge is 0.507 e. The number of aliphatic hydroxyl groups excluding tert-OH is 1. The van der Waals surface area contributed by atoms with E-state index in [4.69, 9.17) is 0 Å². The van der Waals surface area contributed by atoms with Gasteiger partial charge in [-0.05, 0) is 11.1 Å². The minimum absolute atomic E-state index is 0.0284. The van der Waals surface area contributed by atoms with Crippen molar-refractivity contribution < 1.29 is 19.4 Å². The Labute approximate surface area is 177 Å². The molecule has 0 amide bonds. The summed E-state index contributed by atoms with van der Waals surface area (Å²) in [4.78, 5) is 49.2. The maximum atomic E-state index is 13.0. The third kappa shape index (κ3) is 5.05. The van der Waals surface area contributed by atoms with Crippen LogP contribution in [0.3, 0.4) is 0 Å². The van der Waals surface area contributed by atoms with Crippen molar-refractivity contribution in [3.8, 4) is 0 Å². The number of ether oxygens (including phenoxy) is 1. The Morgan fingerprint density at radius 3 is 2.03 bits per heavy atom. The fourth-order valence-corrected chi connectivity index (χ4v) is 2.99. The Morgan fingerprint density at radius 1 is 0.935 bits per heavy atom. The predicted molar refractivity (Wildman–Crippen MR) is 114 cm³/mol. The Bertz CT molecular complexity index is 1240. The monoisotopic (exact) mass is 420 g/mol. The van der Waals surface area contributed by atoms with Gasteiger partial charge in [-0.25, -0.2) is 9.59 Å². The minimum atomic E-state index is -1.19. The van der Waals surface area contributed by atoms with Gasteiger partial charge in [0.05, 0.1) is 25.8 Å². The molecule has 0 saturated carbocycles. The van der Waals surface area contributed by atoms with Crippen molar-refractivity contribution in [1.29, 1.82) is 0 Å². The Kier molecular flexibility index (Phi) is 6.61. The van der Waals surface area contributed by atoms with E-state index in [0.29, 0.717) is 11.6 Å². The van der Waals surface area contributed by atoms with Gasteiger partial charge < -0.3 is 9.84 Å². The van der Waals surface area contributed by atoms with Crippen LogP contribution in [0.1, 0.15) is 16.7 Å². The molecule has 158 valence electrons. The van der Waals surface area contributed by atoms with Gasteiger partial charge in [-0.3, -0.25) is 18.7 Å². The van der Waals surface area contributed by atoms with Crippen molar-refractivity contribution in [3.05, 3.63) is 110 Å². The lowest BCUT2D eigenvalue weighted by molar-refractivity contribution is -0.149. The van der Waals surface area contributed by atoms with Crippen molar-refractivity contribution >= 4 is 17.5 Å². The Hall–Kier alpha value is -4.20. The van der Waals surface area contributed by atoms with Crippen LogP contribution in [0.5, 0.6) is 0 Å². The molecule has 0 aliphatic heterocycles. The maximum Gasteiger partial charge on any atom is 0.378 e. The molecule has 3 rings (SSSR count). The molecule has 3 aromatic rings. The van der Waals surface area contributed by atoms with E-state index in [9.17, 15) is 24.3 Å². The van der Waals surface area contributed by atoms with Crippen LogP contribution in [-0.2, 0) is 27.4 Å². The van der Waals surface area contributed by atoms with E-state index in [2.05, 4.69) is 4.74 Å². The third-order valence-corrected chi connectivity index (χ3v) is 4.55. The number of benzene rings is 2. The molecule has 0 radical (unpaired) electrons. The SMILES string of the molecule is COC(=O)C(=O)C=C(O)c1cn(Cc2ccccc2)c(=O)n(Cc2ccccc2)c1=O. The third-order valence-electron chi connectivity index (χ3n) is 4.55. The van der Waals surface area contributed by atoms with Crippen LogP contribution in [0.15, 0.2) is 82.5 Å². The fraction of sp³-hybridized carbons (Fsp3) is 0.130. The van der Waals surface area contributed by atoms with Gasteiger partial charge in [-0.15, -0.1) is 0 Å². The fourth-order valence-electron chi connectivity index (χ4n) is 2.99. The summed E-state index contributed by atoms with van der Waals surface area (Å²) < 4.78 is 6.56. The highest BCUT2D eigenvalue weighted by Crippen LogP contribution is 2.08. The van der Waals surface area contributed by atoms with Crippen molar-refractivity contribution in [2.75, 3.05) is 7.11 Å². The number of ketones is 1. The molecule has 0 aliphatic rings. The number of hydrogen-bond acceptors (Lipinski definition) is 6. The van der Waals surface area contributed by atoms with Crippen molar-refractivity contribution in [2.24, 2.45) is 0 Å². The highest BCUT2D eigenvalue weighted by molar-refractivity contribution is 6.39. The van der Waals surface area contributed by atoms with E-state index < -0.39 is 28.8 Å². The molecular formula is C23H20N2O6. The molecule has 1 aromatic heterocycles. The van der Waals surface area contributed by atoms with Gasteiger partial charge in [0.15, 0.2) is 0 Å². The zero-order valence-corrected chi connectivity index (χ0v) is 16.7. The first-order valence-electron chi connectivity index (χ1n) is 9.36. The Morgan fingerprint density at radius 2 is 1.48 bits per heavy atom. The number of methoxy groups -OCH3 is 1. The van der Waals surface area contributed by atoms with Crippen LogP contribution in [0.4, 0.5) is 0 Å². The van der Waals surface area contributed by atoms with Crippen LogP contribution in [0.2, 0.25) is 0 Å². The van der Waals surface area contributed by atoms with Gasteiger partial charge in [-0.2, -0.15) is 0 Å². The molecule has 1 heterocycles. The summed E-state index contributed by atoms with van der Waals surface area (Å²) in [6.07, 6.45) is 1.78. The lowest BCUT2D eigenvalue weighted by Crippen LogP contribution is -2.41. The van der Waals surface area contributed by atoms with E-state index in [1.54, 1.807) is 24.3 Å². The number of carbonyl (C=O) groups is 2. The first-order chi connectivity index (χ1) is 14.9. The van der Waals surface area contributed by atoms with Gasteiger partial charge >= 0.3 is 11.7 Å². The van der Waals surface area contributed by atoms with Crippen LogP contribution in [0.25, 0.3) is 5.76 Å². The highest BCUT2D eigenvalue weighted by Gasteiger charge is 2.18. The van der Waals surface area contributed by atoms with Crippen molar-refractivity contribution in [3.63, 3.8) is 0 Å². The molecule has 2 aromatic carbocycles. The molecule has 0 fully saturated rings. The smallest absolute Gasteiger partial charge is 0.378 e. The first kappa shape index (κ1) is 21.5. The van der Waals surface area contributed by atoms with Crippen LogP contribution in [-0.4, -0.2) is 33.1 Å². The number of hydrogen-bond donors (Lipinski definition) is 1. The average Bonchev–Trinajstić information content (AvgIpc) is 2.79. The molecule has 0 unspecified atom stereocenters. The molecule has 1 N–H and O–H groups in total. The van der Waals surface area contributed by atoms with Crippen LogP contribution >= 0.6 is 0 Å². The lowest BCUT2D eigenvalue weighted by atomic mass is 10.2. The summed E-state index contributed by atoms with van der Waals surface area (Å²) in [5.41, 5.74) is -0.143. The molecule has 8 heteroatoms. The van der Waals surface area contributed by atoms with Crippen molar-refractivity contribution in [1.82, 2.24) is 9.13 Å². The van der Waals surface area contributed by atoms with E-state index in [-0.39, 0.29) is 18.7 Å². The van der Waals surface area contributed by atoms with Gasteiger partial charge in [0.1, 0.15) is 5.76 Å². The molecule has 0 saturated heterocycles. The number of aromatic nitrogens is 2. The van der Waals surface area contributed by atoms with E-state index in [1.165, 1.54) is 10.8 Å². The van der Waals surface area contributed by atoms with Gasteiger partial charge in [0.25, 0.3) is 11.3 Å². The standard InChI is InChI=1S/C23H20N2O6/c1-31-22(29)20(27)12-19(26)18-15-24(13-16-8-4-2-5-9-16)23(30)25(21(18)28)14-17-10-6-3-7-11-17/h2-12,15,26H,13-14H2,1H3. The molecule has 8 nitrogen and oxygen atoms in total. The number of esters is 1. The summed E-state index contributed by atoms with van der Waals surface area (Å²) in [5, 5.41) is 10.4. The maximum absolute atomic E-state index is 13.0. The predicted octanol–water partition coefficient (Wildman–Crippen LogP) is 1.75. The lowest BCUT2D eigenvalue weighted by Gasteiger charge is -2.13. The summed E-state index contributed by atoms with van der Waals surface area (Å²) in [6, 6.07) is 18.0. The zero-order valence-electron chi connectivity index (χ0n) is 16.7. The zero-order chi connectivity index (χ0) is 22.4. The number of nitrogens with zero attached hydrogens (tertiary/aromatic N) is 2. The first-order valence-corrected chi connectivity index (χ1v) is 9.36. The molecule has 31 heavy (non-hydrogen) atoms. The molecule has 0 aliphatic carbocycles. The van der Waals surface area contributed by atoms with Crippen LogP contribution in [0, 0.1) is 0 Å². The summed E-state index contributed by atoms with van der Waals surface area (Å²) in [7, 11) is 1.03. The molecule has 0 spiro atoms. The number of aliphatic hydroxyl groups is 1. The van der Waals surface area contributed by atoms with Gasteiger partial charge in [-0.1, -0.05) is 60.7 Å². The second-order valence-electron chi connectivity index (χ2n) is 6.70. The topological polar surface area (TPSA) is 108 Å². The van der Waals surface area contributed by atoms with E-state index >= 15 is 0 Å². The average molecular weight is 420 g/mol. The molecule has 0 atom stereocenters. The summed E-state index contributed by atoms with van der Waals surface area (Å²) >= 11 is 0. The number of carbonyl (C=O) groups excluding carboxylic acids is 2. The van der Waals surface area contributed by atoms with Gasteiger partial charge in [0.2, 0.25) is 0 Å². The van der Waals surface area contributed by atoms with Crippen LogP contribution < -0.4 is 11.2 Å². The molecule has 0 bridgehead atoms. The quantitative estimate of drug-likeness (QED) is 0.270. The highest BCUT2D eigenvalue weighted by atomic mass is 16.5. The van der Waals surface area contributed by atoms with E-state index in [0.717, 1.165) is 17.2 Å². The summed E-state index contributed by atoms with van der Waals surface area (Å²) in [6.45, 7) is 0.110. The van der Waals surface area contributed by atoms with E-state index in [1.807, 2.05) is 36.4 Å². The summed E-state index contributed by atoms with van der Waals surface area (Å²) in [5.74, 6) is -3.05. The molecular weight excluding hydrogens is 400 g/mol. The minimum Gasteiger partial charge on any atom is -0.507 e. The normalized spacial score (nSPS) is 11.2. The van der Waals surface area contributed by atoms with Crippen molar-refractivity contribution in [2.45, 2.75) is 13.1 Å². The number of rotatable bonds is 7. The second-order valence-corrected chi connectivity index (χ2v) is 6.70. The Balaban J connectivity index is 2.14. The second kappa shape index (κ2) is 9.53. The van der Waals surface area contributed by atoms with Gasteiger partial charge in [0, 0.05) is 12.3 Å².